The van der Waals surface area contributed by atoms with E-state index in [9.17, 15) is 24.0 Å². The van der Waals surface area contributed by atoms with E-state index in [-0.39, 0.29) is 18.4 Å². The number of benzene rings is 1. The van der Waals surface area contributed by atoms with E-state index >= 15 is 0 Å². The Morgan fingerprint density at radius 1 is 0.951 bits per heavy atom. The molecule has 1 aliphatic carbocycles. The van der Waals surface area contributed by atoms with Crippen LogP contribution in [0.5, 0.6) is 0 Å². The van der Waals surface area contributed by atoms with Crippen LogP contribution >= 0.6 is 0 Å². The van der Waals surface area contributed by atoms with Gasteiger partial charge in [-0.05, 0) is 37.3 Å². The molecular formula is C30H45N5O6. The topological polar surface area (TPSA) is 146 Å². The van der Waals surface area contributed by atoms with Crippen LogP contribution in [-0.4, -0.2) is 78.4 Å². The van der Waals surface area contributed by atoms with E-state index in [1.807, 2.05) is 13.0 Å². The average molecular weight is 572 g/mol. The fourth-order valence-corrected chi connectivity index (χ4v) is 5.23. The monoisotopic (exact) mass is 571 g/mol. The molecule has 0 unspecified atom stereocenters. The van der Waals surface area contributed by atoms with Gasteiger partial charge in [-0.25, -0.2) is 4.79 Å². The summed E-state index contributed by atoms with van der Waals surface area (Å²) < 4.78 is 5.34. The number of amides is 5. The van der Waals surface area contributed by atoms with Crippen molar-refractivity contribution in [1.82, 2.24) is 20.9 Å². The first kappa shape index (κ1) is 32.0. The maximum Gasteiger partial charge on any atom is 0.318 e. The van der Waals surface area contributed by atoms with E-state index in [0.29, 0.717) is 51.3 Å². The zero-order chi connectivity index (χ0) is 29.8. The van der Waals surface area contributed by atoms with Gasteiger partial charge in [0.05, 0.1) is 19.3 Å². The Hall–Kier alpha value is -3.47. The Morgan fingerprint density at radius 2 is 1.61 bits per heavy atom. The number of carbonyl (C=O) groups excluding carboxylic acids is 5. The average Bonchev–Trinajstić information content (AvgIpc) is 2.98. The van der Waals surface area contributed by atoms with Gasteiger partial charge < -0.3 is 30.9 Å². The molecule has 1 aromatic carbocycles. The van der Waals surface area contributed by atoms with E-state index in [1.165, 1.54) is 0 Å². The molecule has 2 fully saturated rings. The number of nitrogens with zero attached hydrogens (tertiary/aromatic N) is 1. The van der Waals surface area contributed by atoms with Crippen LogP contribution in [0.25, 0.3) is 0 Å². The van der Waals surface area contributed by atoms with Gasteiger partial charge in [-0.15, -0.1) is 0 Å². The number of Topliss-reactive ketones (excluding diaryl/α,β-unsaturated/α-hetero) is 1. The molecule has 5 amide bonds. The molecule has 11 heteroatoms. The molecule has 1 aliphatic heterocycles. The summed E-state index contributed by atoms with van der Waals surface area (Å²) in [5.74, 6) is -2.92. The molecule has 0 radical (unpaired) electrons. The third-order valence-electron chi connectivity index (χ3n) is 7.76. The summed E-state index contributed by atoms with van der Waals surface area (Å²) in [5, 5.41) is 11.1. The van der Waals surface area contributed by atoms with Gasteiger partial charge >= 0.3 is 6.03 Å². The molecular weight excluding hydrogens is 526 g/mol. The minimum atomic E-state index is -1.16. The molecule has 0 spiro atoms. The molecule has 1 saturated carbocycles. The Labute approximate surface area is 242 Å². The van der Waals surface area contributed by atoms with Gasteiger partial charge in [0, 0.05) is 18.8 Å². The largest absolute Gasteiger partial charge is 0.378 e. The van der Waals surface area contributed by atoms with Gasteiger partial charge in [0.25, 0.3) is 5.91 Å². The van der Waals surface area contributed by atoms with Gasteiger partial charge in [0.15, 0.2) is 0 Å². The lowest BCUT2D eigenvalue weighted by Gasteiger charge is -2.39. The molecule has 1 aromatic rings. The van der Waals surface area contributed by atoms with E-state index in [2.05, 4.69) is 21.3 Å². The number of ether oxygens (including phenoxy) is 1. The van der Waals surface area contributed by atoms with Crippen LogP contribution in [0.3, 0.4) is 0 Å². The van der Waals surface area contributed by atoms with Crippen LogP contribution in [-0.2, 0) is 23.9 Å². The first-order valence-corrected chi connectivity index (χ1v) is 14.8. The van der Waals surface area contributed by atoms with Gasteiger partial charge in [-0.3, -0.25) is 19.2 Å². The Morgan fingerprint density at radius 3 is 2.22 bits per heavy atom. The summed E-state index contributed by atoms with van der Waals surface area (Å²) in [6.07, 6.45) is 5.01. The van der Waals surface area contributed by atoms with Gasteiger partial charge in [0.2, 0.25) is 17.6 Å². The van der Waals surface area contributed by atoms with Gasteiger partial charge in [-0.2, -0.15) is 0 Å². The van der Waals surface area contributed by atoms with Crippen LogP contribution in [0, 0.1) is 5.92 Å². The third kappa shape index (κ3) is 9.01. The van der Waals surface area contributed by atoms with Crippen molar-refractivity contribution in [3.8, 4) is 0 Å². The van der Waals surface area contributed by atoms with Crippen molar-refractivity contribution in [2.75, 3.05) is 31.6 Å². The van der Waals surface area contributed by atoms with Crippen molar-refractivity contribution in [3.63, 3.8) is 0 Å². The highest BCUT2D eigenvalue weighted by Gasteiger charge is 2.43. The highest BCUT2D eigenvalue weighted by Crippen LogP contribution is 2.29. The summed E-state index contributed by atoms with van der Waals surface area (Å²) in [5.41, 5.74) is -0.584. The molecule has 3 rings (SSSR count). The number of hydrogen-bond donors (Lipinski definition) is 4. The predicted molar refractivity (Wildman–Crippen MR) is 155 cm³/mol. The summed E-state index contributed by atoms with van der Waals surface area (Å²) >= 11 is 0. The number of urea groups is 1. The maximum absolute atomic E-state index is 13.8. The number of carbonyl (C=O) groups is 5. The Bertz CT molecular complexity index is 1050. The molecule has 1 saturated heterocycles. The highest BCUT2D eigenvalue weighted by atomic mass is 16.5. The molecule has 2 aliphatic rings. The fourth-order valence-electron chi connectivity index (χ4n) is 5.23. The van der Waals surface area contributed by atoms with Crippen molar-refractivity contribution in [1.29, 1.82) is 0 Å². The zero-order valence-electron chi connectivity index (χ0n) is 24.5. The van der Waals surface area contributed by atoms with Crippen molar-refractivity contribution >= 4 is 35.2 Å². The molecule has 1 heterocycles. The number of nitrogens with one attached hydrogen (secondary N) is 4. The Kier molecular flexibility index (Phi) is 12.1. The number of anilines is 1. The molecule has 4 N–H and O–H groups in total. The zero-order valence-corrected chi connectivity index (χ0v) is 24.5. The SMILES string of the molecule is CCCC[C@H](NC(=O)C1(NC(=O)N2CCOCC2)CCCCC1)C(=O)C(=O)N[C@H](C(=O)Nc1ccccc1)C(C)C. The lowest BCUT2D eigenvalue weighted by molar-refractivity contribution is -0.142. The summed E-state index contributed by atoms with van der Waals surface area (Å²) in [7, 11) is 0. The molecule has 11 nitrogen and oxygen atoms in total. The van der Waals surface area contributed by atoms with Crippen LogP contribution < -0.4 is 21.3 Å². The molecule has 41 heavy (non-hydrogen) atoms. The van der Waals surface area contributed by atoms with E-state index in [1.54, 1.807) is 43.0 Å². The van der Waals surface area contributed by atoms with Crippen LogP contribution in [0.4, 0.5) is 10.5 Å². The number of hydrogen-bond acceptors (Lipinski definition) is 6. The van der Waals surface area contributed by atoms with Crippen LogP contribution in [0.15, 0.2) is 30.3 Å². The predicted octanol–water partition coefficient (Wildman–Crippen LogP) is 2.75. The molecule has 0 bridgehead atoms. The lowest BCUT2D eigenvalue weighted by Crippen LogP contribution is -2.65. The minimum Gasteiger partial charge on any atom is -0.378 e. The van der Waals surface area contributed by atoms with Crippen LogP contribution in [0.2, 0.25) is 0 Å². The number of para-hydroxylation sites is 1. The lowest BCUT2D eigenvalue weighted by atomic mass is 9.80. The first-order valence-electron chi connectivity index (χ1n) is 14.8. The summed E-state index contributed by atoms with van der Waals surface area (Å²) in [4.78, 5) is 68.0. The third-order valence-corrected chi connectivity index (χ3v) is 7.76. The normalized spacial score (nSPS) is 18.1. The number of unbranched alkanes of at least 4 members (excludes halogenated alkanes) is 1. The van der Waals surface area contributed by atoms with Crippen molar-refractivity contribution in [2.45, 2.75) is 89.8 Å². The van der Waals surface area contributed by atoms with E-state index < -0.39 is 41.1 Å². The second kappa shape index (κ2) is 15.5. The van der Waals surface area contributed by atoms with Crippen molar-refractivity contribution in [2.24, 2.45) is 5.92 Å². The quantitative estimate of drug-likeness (QED) is 0.284. The van der Waals surface area contributed by atoms with Gasteiger partial charge in [-0.1, -0.05) is 71.1 Å². The van der Waals surface area contributed by atoms with Crippen molar-refractivity contribution in [3.05, 3.63) is 30.3 Å². The smallest absolute Gasteiger partial charge is 0.318 e. The molecule has 2 atom stereocenters. The number of rotatable bonds is 12. The molecule has 0 aromatic heterocycles. The second-order valence-electron chi connectivity index (χ2n) is 11.3. The molecule has 226 valence electrons. The fraction of sp³-hybridized carbons (Fsp3) is 0.633. The van der Waals surface area contributed by atoms with Gasteiger partial charge in [0.1, 0.15) is 11.6 Å². The van der Waals surface area contributed by atoms with Crippen molar-refractivity contribution < 1.29 is 28.7 Å². The van der Waals surface area contributed by atoms with E-state index in [4.69, 9.17) is 4.74 Å². The standard InChI is InChI=1S/C30H45N5O6/c1-4-5-14-23(25(36)27(38)33-24(21(2)3)26(37)31-22-12-8-6-9-13-22)32-28(39)30(15-10-7-11-16-30)34-29(40)35-17-19-41-20-18-35/h6,8-9,12-13,21,23-24H,4-5,7,10-11,14-20H2,1-3H3,(H,31,37)(H,32,39)(H,33,38)(H,34,40)/t23-,24-/m0/s1. The maximum atomic E-state index is 13.8. The van der Waals surface area contributed by atoms with E-state index in [0.717, 1.165) is 25.7 Å². The summed E-state index contributed by atoms with van der Waals surface area (Å²) in [6.45, 7) is 7.27. The second-order valence-corrected chi connectivity index (χ2v) is 11.3. The number of ketones is 1. The number of morpholine rings is 1. The highest BCUT2D eigenvalue weighted by molar-refractivity contribution is 6.39. The van der Waals surface area contributed by atoms with Crippen LogP contribution in [0.1, 0.15) is 72.1 Å². The first-order chi connectivity index (χ1) is 19.7. The minimum absolute atomic E-state index is 0.268. The summed E-state index contributed by atoms with van der Waals surface area (Å²) in [6, 6.07) is 6.50. The Balaban J connectivity index is 1.72.